The summed E-state index contributed by atoms with van der Waals surface area (Å²) < 4.78 is 41.1. The van der Waals surface area contributed by atoms with E-state index in [4.69, 9.17) is 4.74 Å². The Morgan fingerprint density at radius 3 is 2.70 bits per heavy atom. The predicted octanol–water partition coefficient (Wildman–Crippen LogP) is 1.19. The molecule has 1 aromatic rings. The lowest BCUT2D eigenvalue weighted by Crippen LogP contribution is -2.43. The van der Waals surface area contributed by atoms with Gasteiger partial charge in [-0.1, -0.05) is 13.0 Å². The third kappa shape index (κ3) is 8.39. The van der Waals surface area contributed by atoms with Crippen LogP contribution in [0.1, 0.15) is 13.3 Å². The molecule has 0 saturated heterocycles. The molecule has 0 amide bonds. The van der Waals surface area contributed by atoms with Crippen molar-refractivity contribution in [1.29, 1.82) is 0 Å². The Morgan fingerprint density at radius 1 is 1.39 bits per heavy atom. The fraction of sp³-hybridized carbons (Fsp3) is 0.533. The standard InChI is InChI=1S/C15H24FN3O3S/c1-4-13(22-14-7-5-6-12(16)10-14)11-19-15(17-2)18-8-9-23(3,20)21/h5-7,10,13H,4,8-9,11H2,1-3H3,(H2,17,18,19). The summed E-state index contributed by atoms with van der Waals surface area (Å²) in [5.41, 5.74) is 0. The van der Waals surface area contributed by atoms with E-state index >= 15 is 0 Å². The van der Waals surface area contributed by atoms with Gasteiger partial charge in [0.05, 0.1) is 12.3 Å². The predicted molar refractivity (Wildman–Crippen MR) is 90.2 cm³/mol. The average Bonchev–Trinajstić information content (AvgIpc) is 2.48. The van der Waals surface area contributed by atoms with Crippen LogP contribution in [0.3, 0.4) is 0 Å². The smallest absolute Gasteiger partial charge is 0.191 e. The lowest BCUT2D eigenvalue weighted by atomic mass is 10.2. The molecule has 1 atom stereocenters. The van der Waals surface area contributed by atoms with Gasteiger partial charge in [-0.05, 0) is 18.6 Å². The van der Waals surface area contributed by atoms with E-state index in [0.29, 0.717) is 18.3 Å². The molecule has 0 fully saturated rings. The monoisotopic (exact) mass is 345 g/mol. The fourth-order valence-corrected chi connectivity index (χ4v) is 2.26. The molecular weight excluding hydrogens is 321 g/mol. The topological polar surface area (TPSA) is 79.8 Å². The Bertz CT molecular complexity index is 620. The maximum absolute atomic E-state index is 13.2. The van der Waals surface area contributed by atoms with Crippen LogP contribution in [0.15, 0.2) is 29.3 Å². The van der Waals surface area contributed by atoms with Crippen LogP contribution in [-0.4, -0.2) is 52.6 Å². The molecule has 1 aromatic carbocycles. The highest BCUT2D eigenvalue weighted by Gasteiger charge is 2.10. The zero-order valence-corrected chi connectivity index (χ0v) is 14.5. The van der Waals surface area contributed by atoms with Gasteiger partial charge in [0.2, 0.25) is 0 Å². The van der Waals surface area contributed by atoms with E-state index in [0.717, 1.165) is 6.42 Å². The van der Waals surface area contributed by atoms with Crippen molar-refractivity contribution < 1.29 is 17.5 Å². The maximum atomic E-state index is 13.2. The Labute approximate surface area is 137 Å². The van der Waals surface area contributed by atoms with Crippen LogP contribution in [0.4, 0.5) is 4.39 Å². The average molecular weight is 345 g/mol. The van der Waals surface area contributed by atoms with Crippen LogP contribution >= 0.6 is 0 Å². The number of rotatable bonds is 8. The first-order valence-corrected chi connectivity index (χ1v) is 9.44. The number of hydrogen-bond donors (Lipinski definition) is 2. The number of guanidine groups is 1. The number of benzene rings is 1. The zero-order valence-electron chi connectivity index (χ0n) is 13.7. The van der Waals surface area contributed by atoms with E-state index < -0.39 is 9.84 Å². The molecule has 23 heavy (non-hydrogen) atoms. The van der Waals surface area contributed by atoms with Crippen LogP contribution in [-0.2, 0) is 9.84 Å². The summed E-state index contributed by atoms with van der Waals surface area (Å²) in [5, 5.41) is 5.99. The first-order chi connectivity index (χ1) is 10.8. The molecule has 0 radical (unpaired) electrons. The van der Waals surface area contributed by atoms with Crippen molar-refractivity contribution >= 4 is 15.8 Å². The van der Waals surface area contributed by atoms with Gasteiger partial charge in [0, 0.05) is 25.9 Å². The molecule has 0 saturated carbocycles. The third-order valence-electron chi connectivity index (χ3n) is 3.04. The van der Waals surface area contributed by atoms with Gasteiger partial charge in [-0.15, -0.1) is 0 Å². The van der Waals surface area contributed by atoms with Crippen molar-refractivity contribution in [2.75, 3.05) is 32.1 Å². The Morgan fingerprint density at radius 2 is 2.13 bits per heavy atom. The highest BCUT2D eigenvalue weighted by Crippen LogP contribution is 2.14. The van der Waals surface area contributed by atoms with Gasteiger partial charge in [-0.25, -0.2) is 12.8 Å². The summed E-state index contributed by atoms with van der Waals surface area (Å²) in [4.78, 5) is 4.02. The Balaban J connectivity index is 2.45. The summed E-state index contributed by atoms with van der Waals surface area (Å²) in [6.45, 7) is 2.71. The molecule has 0 bridgehead atoms. The molecule has 0 aliphatic heterocycles. The van der Waals surface area contributed by atoms with Gasteiger partial charge >= 0.3 is 0 Å². The molecule has 130 valence electrons. The number of sulfone groups is 1. The van der Waals surface area contributed by atoms with Gasteiger partial charge in [0.1, 0.15) is 27.5 Å². The summed E-state index contributed by atoms with van der Waals surface area (Å²) in [5.74, 6) is 0.655. The minimum absolute atomic E-state index is 0.0324. The molecule has 0 aromatic heterocycles. The second-order valence-corrected chi connectivity index (χ2v) is 7.38. The van der Waals surface area contributed by atoms with Crippen molar-refractivity contribution in [3.8, 4) is 5.75 Å². The molecule has 0 heterocycles. The lowest BCUT2D eigenvalue weighted by Gasteiger charge is -2.20. The fourth-order valence-electron chi connectivity index (χ4n) is 1.79. The Kier molecular flexibility index (Phi) is 7.80. The van der Waals surface area contributed by atoms with E-state index in [1.54, 1.807) is 19.2 Å². The summed E-state index contributed by atoms with van der Waals surface area (Å²) in [6, 6.07) is 5.99. The third-order valence-corrected chi connectivity index (χ3v) is 3.99. The van der Waals surface area contributed by atoms with Gasteiger partial charge in [-0.3, -0.25) is 4.99 Å². The number of halogens is 1. The second-order valence-electron chi connectivity index (χ2n) is 5.12. The van der Waals surface area contributed by atoms with E-state index in [9.17, 15) is 12.8 Å². The van der Waals surface area contributed by atoms with E-state index in [-0.39, 0.29) is 24.2 Å². The van der Waals surface area contributed by atoms with E-state index in [2.05, 4.69) is 15.6 Å². The largest absolute Gasteiger partial charge is 0.489 e. The van der Waals surface area contributed by atoms with Crippen LogP contribution < -0.4 is 15.4 Å². The molecular formula is C15H24FN3O3S. The highest BCUT2D eigenvalue weighted by molar-refractivity contribution is 7.90. The van der Waals surface area contributed by atoms with Crippen LogP contribution in [0.25, 0.3) is 0 Å². The molecule has 8 heteroatoms. The number of nitrogens with zero attached hydrogens (tertiary/aromatic N) is 1. The van der Waals surface area contributed by atoms with Crippen LogP contribution in [0.2, 0.25) is 0 Å². The molecule has 0 aliphatic carbocycles. The van der Waals surface area contributed by atoms with Crippen molar-refractivity contribution in [1.82, 2.24) is 10.6 Å². The molecule has 0 aliphatic rings. The van der Waals surface area contributed by atoms with E-state index in [1.807, 2.05) is 6.92 Å². The molecule has 1 unspecified atom stereocenters. The van der Waals surface area contributed by atoms with Crippen LogP contribution in [0.5, 0.6) is 5.75 Å². The second kappa shape index (κ2) is 9.34. The normalized spacial score (nSPS) is 13.5. The van der Waals surface area contributed by atoms with Gasteiger partial charge < -0.3 is 15.4 Å². The quantitative estimate of drug-likeness (QED) is 0.547. The number of nitrogens with one attached hydrogen (secondary N) is 2. The van der Waals surface area contributed by atoms with Gasteiger partial charge in [0.25, 0.3) is 0 Å². The Hall–Kier alpha value is -1.83. The minimum Gasteiger partial charge on any atom is -0.489 e. The summed E-state index contributed by atoms with van der Waals surface area (Å²) >= 11 is 0. The lowest BCUT2D eigenvalue weighted by molar-refractivity contribution is 0.199. The molecule has 0 spiro atoms. The summed E-state index contributed by atoms with van der Waals surface area (Å²) in [7, 11) is -1.41. The summed E-state index contributed by atoms with van der Waals surface area (Å²) in [6.07, 6.45) is 1.75. The number of hydrogen-bond acceptors (Lipinski definition) is 4. The number of ether oxygens (including phenoxy) is 1. The number of aliphatic imine (C=N–C) groups is 1. The van der Waals surface area contributed by atoms with E-state index in [1.165, 1.54) is 18.4 Å². The van der Waals surface area contributed by atoms with Gasteiger partial charge in [-0.2, -0.15) is 0 Å². The van der Waals surface area contributed by atoms with Crippen molar-refractivity contribution in [3.05, 3.63) is 30.1 Å². The van der Waals surface area contributed by atoms with Crippen molar-refractivity contribution in [2.24, 2.45) is 4.99 Å². The van der Waals surface area contributed by atoms with Crippen molar-refractivity contribution in [2.45, 2.75) is 19.4 Å². The van der Waals surface area contributed by atoms with Crippen LogP contribution in [0, 0.1) is 5.82 Å². The molecule has 6 nitrogen and oxygen atoms in total. The molecule has 2 N–H and O–H groups in total. The minimum atomic E-state index is -3.01. The van der Waals surface area contributed by atoms with Crippen molar-refractivity contribution in [3.63, 3.8) is 0 Å². The zero-order chi connectivity index (χ0) is 17.3. The SMILES string of the molecule is CCC(CNC(=NC)NCCS(C)(=O)=O)Oc1cccc(F)c1. The first kappa shape index (κ1) is 19.2. The first-order valence-electron chi connectivity index (χ1n) is 7.38. The highest BCUT2D eigenvalue weighted by atomic mass is 32.2. The maximum Gasteiger partial charge on any atom is 0.191 e. The van der Waals surface area contributed by atoms with Gasteiger partial charge in [0.15, 0.2) is 5.96 Å². The molecule has 1 rings (SSSR count).